The van der Waals surface area contributed by atoms with Crippen LogP contribution in [0.5, 0.6) is 11.5 Å². The molecule has 6 heteroatoms. The normalized spacial score (nSPS) is 11.4. The van der Waals surface area contributed by atoms with Crippen molar-refractivity contribution in [2.24, 2.45) is 0 Å². The summed E-state index contributed by atoms with van der Waals surface area (Å²) in [5.74, 6) is 0.00633. The molecule has 1 atom stereocenters. The topological polar surface area (TPSA) is 73.9 Å². The first kappa shape index (κ1) is 22.3. The van der Waals surface area contributed by atoms with E-state index in [1.54, 1.807) is 25.1 Å². The molecule has 0 aliphatic heterocycles. The molecule has 0 heterocycles. The second-order valence-corrected chi connectivity index (χ2v) is 6.45. The number of hydrogen-bond acceptors (Lipinski definition) is 5. The van der Waals surface area contributed by atoms with E-state index in [2.05, 4.69) is 5.32 Å². The fraction of sp³-hybridized carbons (Fsp3) is 0.391. The summed E-state index contributed by atoms with van der Waals surface area (Å²) in [6, 6.07) is 13.0. The van der Waals surface area contributed by atoms with Gasteiger partial charge < -0.3 is 19.5 Å². The van der Waals surface area contributed by atoms with Gasteiger partial charge in [0.05, 0.1) is 6.61 Å². The van der Waals surface area contributed by atoms with E-state index in [4.69, 9.17) is 14.2 Å². The third kappa shape index (κ3) is 6.24. The smallest absolute Gasteiger partial charge is 0.344 e. The molecule has 29 heavy (non-hydrogen) atoms. The number of amides is 1. The highest BCUT2D eigenvalue weighted by Crippen LogP contribution is 2.26. The number of rotatable bonds is 10. The van der Waals surface area contributed by atoms with Crippen LogP contribution in [0, 0.1) is 0 Å². The van der Waals surface area contributed by atoms with Crippen molar-refractivity contribution >= 4 is 17.6 Å². The van der Waals surface area contributed by atoms with Crippen molar-refractivity contribution in [3.05, 3.63) is 53.6 Å². The third-order valence-electron chi connectivity index (χ3n) is 4.42. The van der Waals surface area contributed by atoms with Crippen LogP contribution >= 0.6 is 0 Å². The highest BCUT2D eigenvalue weighted by Gasteiger charge is 2.20. The van der Waals surface area contributed by atoms with Crippen molar-refractivity contribution in [1.29, 1.82) is 0 Å². The number of hydrogen-bond donors (Lipinski definition) is 1. The van der Waals surface area contributed by atoms with Crippen LogP contribution in [0.3, 0.4) is 0 Å². The quantitative estimate of drug-likeness (QED) is 0.607. The van der Waals surface area contributed by atoms with Gasteiger partial charge in [0.1, 0.15) is 0 Å². The molecule has 0 saturated carbocycles. The van der Waals surface area contributed by atoms with Crippen LogP contribution < -0.4 is 14.8 Å². The van der Waals surface area contributed by atoms with Gasteiger partial charge in [-0.05, 0) is 49.9 Å². The molecule has 0 aliphatic carbocycles. The van der Waals surface area contributed by atoms with E-state index in [0.29, 0.717) is 18.1 Å². The molecule has 2 rings (SSSR count). The number of aryl methyl sites for hydroxylation is 2. The monoisotopic (exact) mass is 399 g/mol. The van der Waals surface area contributed by atoms with Crippen molar-refractivity contribution in [3.8, 4) is 11.5 Å². The molecule has 0 bridgehead atoms. The van der Waals surface area contributed by atoms with Crippen LogP contribution in [0.15, 0.2) is 42.5 Å². The van der Waals surface area contributed by atoms with Crippen LogP contribution in [0.1, 0.15) is 38.8 Å². The molecule has 0 fully saturated rings. The van der Waals surface area contributed by atoms with Crippen molar-refractivity contribution in [2.45, 2.75) is 46.6 Å². The summed E-state index contributed by atoms with van der Waals surface area (Å²) in [5, 5.41) is 2.91. The highest BCUT2D eigenvalue weighted by molar-refractivity contribution is 5.96. The van der Waals surface area contributed by atoms with Crippen LogP contribution in [-0.2, 0) is 27.2 Å². The molecule has 0 aliphatic rings. The van der Waals surface area contributed by atoms with Crippen LogP contribution in [-0.4, -0.2) is 31.2 Å². The van der Waals surface area contributed by atoms with Gasteiger partial charge in [0.15, 0.2) is 24.2 Å². The predicted molar refractivity (Wildman–Crippen MR) is 112 cm³/mol. The van der Waals surface area contributed by atoms with Gasteiger partial charge in [-0.1, -0.05) is 44.2 Å². The molecule has 1 N–H and O–H groups in total. The van der Waals surface area contributed by atoms with Gasteiger partial charge in [0, 0.05) is 5.69 Å². The van der Waals surface area contributed by atoms with Gasteiger partial charge in [-0.25, -0.2) is 4.79 Å². The Morgan fingerprint density at radius 2 is 1.48 bits per heavy atom. The molecule has 0 radical (unpaired) electrons. The minimum atomic E-state index is -0.942. The first-order valence-corrected chi connectivity index (χ1v) is 9.95. The first-order valence-electron chi connectivity index (χ1n) is 9.95. The number of nitrogens with one attached hydrogen (secondary N) is 1. The maximum absolute atomic E-state index is 12.5. The lowest BCUT2D eigenvalue weighted by Gasteiger charge is -2.18. The SMILES string of the molecule is CCOc1ccccc1OCC(=O)O[C@@H](C)C(=O)Nc1c(CC)cccc1CC. The first-order chi connectivity index (χ1) is 14.0. The predicted octanol–water partition coefficient (Wildman–Crippen LogP) is 4.16. The number of anilines is 1. The lowest BCUT2D eigenvalue weighted by molar-refractivity contribution is -0.155. The molecule has 0 saturated heterocycles. The minimum Gasteiger partial charge on any atom is -0.490 e. The fourth-order valence-corrected chi connectivity index (χ4v) is 2.89. The van der Waals surface area contributed by atoms with Gasteiger partial charge in [0.25, 0.3) is 5.91 Å². The van der Waals surface area contributed by atoms with Crippen molar-refractivity contribution < 1.29 is 23.8 Å². The summed E-state index contributed by atoms with van der Waals surface area (Å²) in [5.41, 5.74) is 2.89. The molecule has 0 unspecified atom stereocenters. The number of esters is 1. The van der Waals surface area contributed by atoms with E-state index < -0.39 is 12.1 Å². The Kier molecular flexibility index (Phi) is 8.52. The van der Waals surface area contributed by atoms with Crippen LogP contribution in [0.25, 0.3) is 0 Å². The number of para-hydroxylation sites is 3. The molecule has 2 aromatic carbocycles. The summed E-state index contributed by atoms with van der Waals surface area (Å²) in [7, 11) is 0. The molecule has 1 amide bonds. The Morgan fingerprint density at radius 3 is 2.03 bits per heavy atom. The minimum absolute atomic E-state index is 0.312. The molecular formula is C23H29NO5. The van der Waals surface area contributed by atoms with E-state index in [9.17, 15) is 9.59 Å². The standard InChI is InChI=1S/C23H29NO5/c1-5-17-11-10-12-18(6-2)22(17)24-23(26)16(4)29-21(25)15-28-20-14-9-8-13-19(20)27-7-3/h8-14,16H,5-7,15H2,1-4H3,(H,24,26)/t16-/m0/s1. The van der Waals surface area contributed by atoms with E-state index >= 15 is 0 Å². The molecule has 2 aromatic rings. The Bertz CT molecular complexity index is 812. The Labute approximate surface area is 172 Å². The highest BCUT2D eigenvalue weighted by atomic mass is 16.6. The summed E-state index contributed by atoms with van der Waals surface area (Å²) >= 11 is 0. The van der Waals surface area contributed by atoms with Crippen molar-refractivity contribution in [3.63, 3.8) is 0 Å². The van der Waals surface area contributed by atoms with Crippen LogP contribution in [0.2, 0.25) is 0 Å². The van der Waals surface area contributed by atoms with E-state index in [-0.39, 0.29) is 12.5 Å². The summed E-state index contributed by atoms with van der Waals surface area (Å²) in [4.78, 5) is 24.7. The zero-order valence-electron chi connectivity index (χ0n) is 17.5. The fourth-order valence-electron chi connectivity index (χ4n) is 2.89. The van der Waals surface area contributed by atoms with Crippen molar-refractivity contribution in [2.75, 3.05) is 18.5 Å². The lowest BCUT2D eigenvalue weighted by atomic mass is 10.0. The molecule has 6 nitrogen and oxygen atoms in total. The van der Waals surface area contributed by atoms with Gasteiger partial charge in [-0.15, -0.1) is 0 Å². The molecule has 0 spiro atoms. The average Bonchev–Trinajstić information content (AvgIpc) is 2.73. The average molecular weight is 399 g/mol. The summed E-state index contributed by atoms with van der Waals surface area (Å²) < 4.78 is 16.2. The van der Waals surface area contributed by atoms with Gasteiger partial charge in [0.2, 0.25) is 0 Å². The second-order valence-electron chi connectivity index (χ2n) is 6.45. The van der Waals surface area contributed by atoms with E-state index in [1.165, 1.54) is 0 Å². The maximum atomic E-state index is 12.5. The van der Waals surface area contributed by atoms with Gasteiger partial charge in [-0.2, -0.15) is 0 Å². The molecule has 156 valence electrons. The maximum Gasteiger partial charge on any atom is 0.344 e. The van der Waals surface area contributed by atoms with Gasteiger partial charge in [-0.3, -0.25) is 4.79 Å². The number of benzene rings is 2. The third-order valence-corrected chi connectivity index (χ3v) is 4.42. The number of carbonyl (C=O) groups is 2. The molecule has 0 aromatic heterocycles. The Morgan fingerprint density at radius 1 is 0.897 bits per heavy atom. The van der Waals surface area contributed by atoms with Crippen molar-refractivity contribution in [1.82, 2.24) is 0 Å². The Balaban J connectivity index is 1.94. The largest absolute Gasteiger partial charge is 0.490 e. The number of ether oxygens (including phenoxy) is 3. The second kappa shape index (κ2) is 11.1. The zero-order valence-corrected chi connectivity index (χ0v) is 17.5. The summed E-state index contributed by atoms with van der Waals surface area (Å²) in [6.07, 6.45) is 0.651. The number of carbonyl (C=O) groups excluding carboxylic acids is 2. The molecular weight excluding hydrogens is 370 g/mol. The zero-order chi connectivity index (χ0) is 21.2. The summed E-state index contributed by atoms with van der Waals surface area (Å²) in [6.45, 7) is 7.65. The van der Waals surface area contributed by atoms with E-state index in [1.807, 2.05) is 45.0 Å². The lowest BCUT2D eigenvalue weighted by Crippen LogP contribution is -2.32. The Hall–Kier alpha value is -3.02. The van der Waals surface area contributed by atoms with Gasteiger partial charge >= 0.3 is 5.97 Å². The van der Waals surface area contributed by atoms with E-state index in [0.717, 1.165) is 29.7 Å². The van der Waals surface area contributed by atoms with Crippen LogP contribution in [0.4, 0.5) is 5.69 Å².